The summed E-state index contributed by atoms with van der Waals surface area (Å²) in [5, 5.41) is 3.50. The molecule has 0 aliphatic carbocycles. The molecule has 0 amide bonds. The molecule has 1 heteroatoms. The third kappa shape index (κ3) is 4.16. The molecule has 1 heterocycles. The molecule has 1 unspecified atom stereocenters. The summed E-state index contributed by atoms with van der Waals surface area (Å²) in [6, 6.07) is 9.25. The quantitative estimate of drug-likeness (QED) is 0.817. The fourth-order valence-electron chi connectivity index (χ4n) is 2.70. The normalized spacial score (nSPS) is 20.4. The van der Waals surface area contributed by atoms with Crippen molar-refractivity contribution in [2.24, 2.45) is 5.92 Å². The largest absolute Gasteiger partial charge is 0.316 e. The summed E-state index contributed by atoms with van der Waals surface area (Å²) >= 11 is 0. The summed E-state index contributed by atoms with van der Waals surface area (Å²) in [7, 11) is 0. The van der Waals surface area contributed by atoms with Crippen LogP contribution in [-0.2, 0) is 12.8 Å². The topological polar surface area (TPSA) is 12.0 Å². The van der Waals surface area contributed by atoms with Crippen molar-refractivity contribution in [3.05, 3.63) is 35.4 Å². The molecule has 0 aromatic heterocycles. The van der Waals surface area contributed by atoms with Crippen LogP contribution in [0.25, 0.3) is 0 Å². The van der Waals surface area contributed by atoms with Crippen LogP contribution in [0, 0.1) is 5.92 Å². The van der Waals surface area contributed by atoms with E-state index in [4.69, 9.17) is 0 Å². The Bertz CT molecular complexity index is 309. The maximum atomic E-state index is 3.50. The second-order valence-corrected chi connectivity index (χ2v) is 5.32. The first-order chi connectivity index (χ1) is 8.38. The monoisotopic (exact) mass is 231 g/mol. The molecule has 0 spiro atoms. The van der Waals surface area contributed by atoms with Crippen LogP contribution in [-0.4, -0.2) is 13.1 Å². The number of benzene rings is 1. The van der Waals surface area contributed by atoms with Gasteiger partial charge in [-0.15, -0.1) is 0 Å². The van der Waals surface area contributed by atoms with Gasteiger partial charge in [-0.05, 0) is 62.2 Å². The van der Waals surface area contributed by atoms with Crippen molar-refractivity contribution >= 4 is 0 Å². The van der Waals surface area contributed by atoms with Gasteiger partial charge in [0.05, 0.1) is 0 Å². The predicted octanol–water partition coefficient (Wildman–Crippen LogP) is 3.57. The van der Waals surface area contributed by atoms with E-state index in [-0.39, 0.29) is 0 Å². The number of aryl methyl sites for hydroxylation is 2. The first kappa shape index (κ1) is 12.6. The van der Waals surface area contributed by atoms with Gasteiger partial charge in [0, 0.05) is 0 Å². The molecule has 1 aliphatic rings. The highest BCUT2D eigenvalue weighted by atomic mass is 14.9. The maximum Gasteiger partial charge on any atom is -0.00204 e. The van der Waals surface area contributed by atoms with Crippen molar-refractivity contribution in [2.45, 2.75) is 45.4 Å². The van der Waals surface area contributed by atoms with Gasteiger partial charge in [0.15, 0.2) is 0 Å². The van der Waals surface area contributed by atoms with E-state index in [1.165, 1.54) is 62.7 Å². The molecule has 1 fully saturated rings. The Morgan fingerprint density at radius 2 is 1.82 bits per heavy atom. The molecular weight excluding hydrogens is 206 g/mol. The zero-order valence-corrected chi connectivity index (χ0v) is 11.0. The lowest BCUT2D eigenvalue weighted by molar-refractivity contribution is 0.358. The average molecular weight is 231 g/mol. The van der Waals surface area contributed by atoms with Crippen LogP contribution in [0.5, 0.6) is 0 Å². The smallest absolute Gasteiger partial charge is 0.00204 e. The van der Waals surface area contributed by atoms with Gasteiger partial charge in [-0.1, -0.05) is 37.6 Å². The Kier molecular flexibility index (Phi) is 5.06. The zero-order chi connectivity index (χ0) is 11.9. The molecule has 1 aliphatic heterocycles. The van der Waals surface area contributed by atoms with Gasteiger partial charge in [-0.2, -0.15) is 0 Å². The molecule has 1 aromatic rings. The van der Waals surface area contributed by atoms with Crippen molar-refractivity contribution in [2.75, 3.05) is 13.1 Å². The number of rotatable bonds is 5. The molecule has 1 N–H and O–H groups in total. The number of hydrogen-bond donors (Lipinski definition) is 1. The highest BCUT2D eigenvalue weighted by Crippen LogP contribution is 2.17. The van der Waals surface area contributed by atoms with E-state index in [0.29, 0.717) is 0 Å². The number of hydrogen-bond acceptors (Lipinski definition) is 1. The molecule has 0 saturated carbocycles. The molecule has 1 saturated heterocycles. The zero-order valence-electron chi connectivity index (χ0n) is 11.0. The van der Waals surface area contributed by atoms with Crippen LogP contribution >= 0.6 is 0 Å². The van der Waals surface area contributed by atoms with Crippen LogP contribution in [0.3, 0.4) is 0 Å². The lowest BCUT2D eigenvalue weighted by Gasteiger charge is -2.22. The van der Waals surface area contributed by atoms with Crippen molar-refractivity contribution in [3.8, 4) is 0 Å². The summed E-state index contributed by atoms with van der Waals surface area (Å²) in [6.45, 7) is 4.69. The molecule has 1 atom stereocenters. The van der Waals surface area contributed by atoms with E-state index in [9.17, 15) is 0 Å². The van der Waals surface area contributed by atoms with Gasteiger partial charge in [-0.3, -0.25) is 0 Å². The third-order valence-corrected chi connectivity index (χ3v) is 3.80. The number of piperidine rings is 1. The molecule has 1 nitrogen and oxygen atoms in total. The van der Waals surface area contributed by atoms with Crippen molar-refractivity contribution in [3.63, 3.8) is 0 Å². The SMILES string of the molecule is CCCc1ccc(CCC2CCCNC2)cc1. The first-order valence-electron chi connectivity index (χ1n) is 7.17. The fourth-order valence-corrected chi connectivity index (χ4v) is 2.70. The Labute approximate surface area is 106 Å². The minimum Gasteiger partial charge on any atom is -0.316 e. The van der Waals surface area contributed by atoms with Crippen LogP contribution in [0.4, 0.5) is 0 Å². The lowest BCUT2D eigenvalue weighted by Crippen LogP contribution is -2.29. The van der Waals surface area contributed by atoms with Gasteiger partial charge in [-0.25, -0.2) is 0 Å². The lowest BCUT2D eigenvalue weighted by atomic mass is 9.92. The standard InChI is InChI=1S/C16H25N/c1-2-4-14-6-8-15(9-7-14)10-11-16-5-3-12-17-13-16/h6-9,16-17H,2-5,10-13H2,1H3. The first-order valence-corrected chi connectivity index (χ1v) is 7.17. The van der Waals surface area contributed by atoms with Crippen LogP contribution in [0.1, 0.15) is 43.7 Å². The van der Waals surface area contributed by atoms with E-state index >= 15 is 0 Å². The van der Waals surface area contributed by atoms with Crippen molar-refractivity contribution in [1.29, 1.82) is 0 Å². The van der Waals surface area contributed by atoms with E-state index in [1.807, 2.05) is 0 Å². The van der Waals surface area contributed by atoms with Gasteiger partial charge in [0.25, 0.3) is 0 Å². The van der Waals surface area contributed by atoms with Crippen molar-refractivity contribution in [1.82, 2.24) is 5.32 Å². The van der Waals surface area contributed by atoms with E-state index in [0.717, 1.165) is 5.92 Å². The molecular formula is C16H25N. The molecule has 17 heavy (non-hydrogen) atoms. The van der Waals surface area contributed by atoms with Gasteiger partial charge in [0.2, 0.25) is 0 Å². The molecule has 2 rings (SSSR count). The highest BCUT2D eigenvalue weighted by Gasteiger charge is 2.12. The Hall–Kier alpha value is -0.820. The van der Waals surface area contributed by atoms with Crippen molar-refractivity contribution < 1.29 is 0 Å². The summed E-state index contributed by atoms with van der Waals surface area (Å²) in [5.74, 6) is 0.902. The van der Waals surface area contributed by atoms with Gasteiger partial charge < -0.3 is 5.32 Å². The minimum atomic E-state index is 0.902. The Morgan fingerprint density at radius 3 is 2.41 bits per heavy atom. The molecule has 0 radical (unpaired) electrons. The third-order valence-electron chi connectivity index (χ3n) is 3.80. The summed E-state index contributed by atoms with van der Waals surface area (Å²) in [5.41, 5.74) is 2.99. The van der Waals surface area contributed by atoms with Gasteiger partial charge in [0.1, 0.15) is 0 Å². The average Bonchev–Trinajstić information content (AvgIpc) is 2.40. The Morgan fingerprint density at radius 1 is 1.12 bits per heavy atom. The maximum absolute atomic E-state index is 3.50. The van der Waals surface area contributed by atoms with E-state index in [2.05, 4.69) is 36.5 Å². The van der Waals surface area contributed by atoms with E-state index in [1.54, 1.807) is 0 Å². The second-order valence-electron chi connectivity index (χ2n) is 5.32. The Balaban J connectivity index is 1.77. The van der Waals surface area contributed by atoms with Crippen LogP contribution in [0.15, 0.2) is 24.3 Å². The number of nitrogens with one attached hydrogen (secondary N) is 1. The minimum absolute atomic E-state index is 0.902. The van der Waals surface area contributed by atoms with Crippen LogP contribution < -0.4 is 5.32 Å². The van der Waals surface area contributed by atoms with Crippen LogP contribution in [0.2, 0.25) is 0 Å². The fraction of sp³-hybridized carbons (Fsp3) is 0.625. The summed E-state index contributed by atoms with van der Waals surface area (Å²) in [6.07, 6.45) is 7.83. The molecule has 1 aromatic carbocycles. The highest BCUT2D eigenvalue weighted by molar-refractivity contribution is 5.22. The predicted molar refractivity (Wildman–Crippen MR) is 74.4 cm³/mol. The molecule has 94 valence electrons. The van der Waals surface area contributed by atoms with E-state index < -0.39 is 0 Å². The second kappa shape index (κ2) is 6.80. The summed E-state index contributed by atoms with van der Waals surface area (Å²) in [4.78, 5) is 0. The molecule has 0 bridgehead atoms. The summed E-state index contributed by atoms with van der Waals surface area (Å²) < 4.78 is 0. The van der Waals surface area contributed by atoms with Gasteiger partial charge >= 0.3 is 0 Å².